The molecule has 2 unspecified atom stereocenters. The van der Waals surface area contributed by atoms with Crippen LogP contribution < -0.4 is 0 Å². The van der Waals surface area contributed by atoms with Gasteiger partial charge < -0.3 is 10.0 Å². The van der Waals surface area contributed by atoms with E-state index in [-0.39, 0.29) is 18.1 Å². The van der Waals surface area contributed by atoms with Gasteiger partial charge in [0.15, 0.2) is 0 Å². The summed E-state index contributed by atoms with van der Waals surface area (Å²) in [5, 5.41) is 9.50. The number of carbonyl (C=O) groups excluding carboxylic acids is 1. The molecular formula is C14H24N2O2. The predicted molar refractivity (Wildman–Crippen MR) is 69.1 cm³/mol. The fourth-order valence-corrected chi connectivity index (χ4v) is 3.53. The Kier molecular flexibility index (Phi) is 3.10. The van der Waals surface area contributed by atoms with Gasteiger partial charge in [-0.15, -0.1) is 0 Å². The second-order valence-electron chi connectivity index (χ2n) is 6.61. The van der Waals surface area contributed by atoms with Gasteiger partial charge in [-0.05, 0) is 38.6 Å². The summed E-state index contributed by atoms with van der Waals surface area (Å²) in [7, 11) is 0. The Morgan fingerprint density at radius 3 is 2.78 bits per heavy atom. The van der Waals surface area contributed by atoms with Crippen molar-refractivity contribution in [3.63, 3.8) is 0 Å². The van der Waals surface area contributed by atoms with Gasteiger partial charge in [0.25, 0.3) is 0 Å². The van der Waals surface area contributed by atoms with Gasteiger partial charge >= 0.3 is 0 Å². The van der Waals surface area contributed by atoms with Crippen molar-refractivity contribution in [3.05, 3.63) is 0 Å². The normalized spacial score (nSPS) is 38.4. The first-order valence-electron chi connectivity index (χ1n) is 7.28. The van der Waals surface area contributed by atoms with E-state index in [1.807, 2.05) is 0 Å². The Morgan fingerprint density at radius 2 is 2.11 bits per heavy atom. The highest BCUT2D eigenvalue weighted by Gasteiger charge is 2.44. The summed E-state index contributed by atoms with van der Waals surface area (Å²) < 4.78 is 0. The van der Waals surface area contributed by atoms with Crippen LogP contribution in [0.2, 0.25) is 0 Å². The van der Waals surface area contributed by atoms with Crippen molar-refractivity contribution in [1.29, 1.82) is 0 Å². The Bertz CT molecular complexity index is 343. The monoisotopic (exact) mass is 252 g/mol. The quantitative estimate of drug-likeness (QED) is 0.809. The minimum absolute atomic E-state index is 0.00840. The zero-order valence-electron chi connectivity index (χ0n) is 11.3. The van der Waals surface area contributed by atoms with E-state index >= 15 is 0 Å². The van der Waals surface area contributed by atoms with E-state index in [9.17, 15) is 9.90 Å². The average Bonchev–Trinajstić information content (AvgIpc) is 3.13. The predicted octanol–water partition coefficient (Wildman–Crippen LogP) is 0.844. The topological polar surface area (TPSA) is 43.8 Å². The number of hydrogen-bond acceptors (Lipinski definition) is 3. The van der Waals surface area contributed by atoms with Crippen LogP contribution in [0.5, 0.6) is 0 Å². The van der Waals surface area contributed by atoms with Crippen LogP contribution in [0.1, 0.15) is 39.0 Å². The van der Waals surface area contributed by atoms with Crippen LogP contribution in [0.25, 0.3) is 0 Å². The third-order valence-electron chi connectivity index (χ3n) is 4.83. The van der Waals surface area contributed by atoms with Crippen molar-refractivity contribution in [2.75, 3.05) is 26.2 Å². The van der Waals surface area contributed by atoms with Gasteiger partial charge in [-0.25, -0.2) is 0 Å². The molecule has 0 spiro atoms. The molecule has 4 heteroatoms. The van der Waals surface area contributed by atoms with Gasteiger partial charge in [0.2, 0.25) is 5.91 Å². The molecule has 0 aromatic heterocycles. The molecule has 1 aliphatic carbocycles. The van der Waals surface area contributed by atoms with Crippen molar-refractivity contribution < 1.29 is 9.90 Å². The lowest BCUT2D eigenvalue weighted by Gasteiger charge is -2.41. The first-order chi connectivity index (χ1) is 8.63. The van der Waals surface area contributed by atoms with Gasteiger partial charge in [0.05, 0.1) is 6.04 Å². The summed E-state index contributed by atoms with van der Waals surface area (Å²) in [5.41, 5.74) is -0.00840. The van der Waals surface area contributed by atoms with E-state index in [0.29, 0.717) is 11.9 Å². The second-order valence-corrected chi connectivity index (χ2v) is 6.61. The van der Waals surface area contributed by atoms with Gasteiger partial charge in [-0.3, -0.25) is 9.69 Å². The number of rotatable bonds is 3. The van der Waals surface area contributed by atoms with Crippen molar-refractivity contribution in [2.45, 2.75) is 51.1 Å². The maximum atomic E-state index is 12.4. The highest BCUT2D eigenvalue weighted by atomic mass is 16.3. The van der Waals surface area contributed by atoms with Crippen LogP contribution in [-0.4, -0.2) is 59.1 Å². The Labute approximate surface area is 109 Å². The van der Waals surface area contributed by atoms with Crippen LogP contribution >= 0.6 is 0 Å². The fraction of sp³-hybridized carbons (Fsp3) is 0.929. The number of nitrogens with zero attached hydrogens (tertiary/aromatic N) is 2. The third-order valence-corrected chi connectivity index (χ3v) is 4.83. The molecular weight excluding hydrogens is 228 g/mol. The smallest absolute Gasteiger partial charge is 0.240 e. The number of hydrogen-bond donors (Lipinski definition) is 1. The molecule has 1 amide bonds. The van der Waals surface area contributed by atoms with Crippen LogP contribution in [0.15, 0.2) is 0 Å². The van der Waals surface area contributed by atoms with Gasteiger partial charge in [0.1, 0.15) is 0 Å². The Balaban J connectivity index is 1.66. The molecule has 2 heterocycles. The lowest BCUT2D eigenvalue weighted by Crippen LogP contribution is -2.51. The molecule has 0 bridgehead atoms. The molecule has 1 N–H and O–H groups in total. The third kappa shape index (κ3) is 2.16. The van der Waals surface area contributed by atoms with E-state index < -0.39 is 0 Å². The number of likely N-dealkylation sites (tertiary alicyclic amines) is 2. The van der Waals surface area contributed by atoms with Crippen molar-refractivity contribution in [2.24, 2.45) is 5.41 Å². The summed E-state index contributed by atoms with van der Waals surface area (Å²) in [6, 6.07) is 0.647. The maximum Gasteiger partial charge on any atom is 0.240 e. The molecule has 2 saturated heterocycles. The zero-order valence-corrected chi connectivity index (χ0v) is 11.3. The summed E-state index contributed by atoms with van der Waals surface area (Å²) in [4.78, 5) is 16.8. The molecule has 3 fully saturated rings. The van der Waals surface area contributed by atoms with Crippen LogP contribution in [-0.2, 0) is 4.79 Å². The number of piperidine rings is 1. The lowest BCUT2D eigenvalue weighted by molar-refractivity contribution is -0.134. The van der Waals surface area contributed by atoms with E-state index in [1.165, 1.54) is 12.8 Å². The number of carbonyl (C=O) groups is 1. The minimum atomic E-state index is -0.00840. The largest absolute Gasteiger partial charge is 0.396 e. The molecule has 4 nitrogen and oxygen atoms in total. The standard InChI is InChI=1S/C14H24N2O2/c1-14(10-17)6-2-7-15(9-14)12-5-8-16(13(12)18)11-3-4-11/h11-12,17H,2-10H2,1H3. The maximum absolute atomic E-state index is 12.4. The number of aliphatic hydroxyl groups is 1. The van der Waals surface area contributed by atoms with Crippen molar-refractivity contribution >= 4 is 5.91 Å². The molecule has 102 valence electrons. The van der Waals surface area contributed by atoms with Crippen LogP contribution in [0.3, 0.4) is 0 Å². The number of amides is 1. The van der Waals surface area contributed by atoms with Gasteiger partial charge in [-0.1, -0.05) is 6.92 Å². The molecule has 0 radical (unpaired) electrons. The van der Waals surface area contributed by atoms with Crippen LogP contribution in [0, 0.1) is 5.41 Å². The number of aliphatic hydroxyl groups excluding tert-OH is 1. The van der Waals surface area contributed by atoms with E-state index in [4.69, 9.17) is 0 Å². The Hall–Kier alpha value is -0.610. The second kappa shape index (κ2) is 4.49. The fourth-order valence-electron chi connectivity index (χ4n) is 3.53. The summed E-state index contributed by atoms with van der Waals surface area (Å²) in [6.07, 6.45) is 5.56. The molecule has 3 aliphatic rings. The first-order valence-corrected chi connectivity index (χ1v) is 7.28. The molecule has 0 aromatic rings. The minimum Gasteiger partial charge on any atom is -0.396 e. The van der Waals surface area contributed by atoms with E-state index in [0.717, 1.165) is 38.9 Å². The van der Waals surface area contributed by atoms with Crippen molar-refractivity contribution in [3.8, 4) is 0 Å². The van der Waals surface area contributed by atoms with E-state index in [2.05, 4.69) is 16.7 Å². The van der Waals surface area contributed by atoms with Gasteiger partial charge in [0, 0.05) is 31.2 Å². The average molecular weight is 252 g/mol. The lowest BCUT2D eigenvalue weighted by atomic mass is 9.82. The highest BCUT2D eigenvalue weighted by Crippen LogP contribution is 2.35. The highest BCUT2D eigenvalue weighted by molar-refractivity contribution is 5.84. The summed E-state index contributed by atoms with van der Waals surface area (Å²) >= 11 is 0. The SMILES string of the molecule is CC1(CO)CCCN(C2CCN(C3CC3)C2=O)C1. The molecule has 2 aliphatic heterocycles. The molecule has 2 atom stereocenters. The molecule has 1 saturated carbocycles. The first kappa shape index (κ1) is 12.4. The molecule has 18 heavy (non-hydrogen) atoms. The van der Waals surface area contributed by atoms with Crippen LogP contribution in [0.4, 0.5) is 0 Å². The molecule has 0 aromatic carbocycles. The summed E-state index contributed by atoms with van der Waals surface area (Å²) in [6.45, 7) is 5.21. The molecule has 3 rings (SSSR count). The summed E-state index contributed by atoms with van der Waals surface area (Å²) in [5.74, 6) is 0.347. The Morgan fingerprint density at radius 1 is 1.33 bits per heavy atom. The van der Waals surface area contributed by atoms with Crippen molar-refractivity contribution in [1.82, 2.24) is 9.80 Å². The van der Waals surface area contributed by atoms with E-state index in [1.54, 1.807) is 0 Å². The zero-order chi connectivity index (χ0) is 12.8. The van der Waals surface area contributed by atoms with Gasteiger partial charge in [-0.2, -0.15) is 0 Å².